The summed E-state index contributed by atoms with van der Waals surface area (Å²) in [5, 5.41) is 3.65. The minimum Gasteiger partial charge on any atom is -0.311 e. The van der Waals surface area contributed by atoms with E-state index in [0.717, 1.165) is 12.5 Å². The van der Waals surface area contributed by atoms with Crippen molar-refractivity contribution in [2.24, 2.45) is 5.92 Å². The molecule has 1 atom stereocenters. The Morgan fingerprint density at radius 1 is 1.25 bits per heavy atom. The van der Waals surface area contributed by atoms with Crippen molar-refractivity contribution in [1.82, 2.24) is 10.2 Å². The van der Waals surface area contributed by atoms with Crippen LogP contribution in [0.5, 0.6) is 0 Å². The molecule has 1 N–H and O–H groups in total. The zero-order valence-corrected chi connectivity index (χ0v) is 11.7. The average Bonchev–Trinajstić information content (AvgIpc) is 2.44. The van der Waals surface area contributed by atoms with E-state index in [2.05, 4.69) is 37.9 Å². The van der Waals surface area contributed by atoms with Crippen LogP contribution < -0.4 is 5.32 Å². The highest BCUT2D eigenvalue weighted by molar-refractivity contribution is 4.76. The summed E-state index contributed by atoms with van der Waals surface area (Å²) >= 11 is 0. The third kappa shape index (κ3) is 5.31. The van der Waals surface area contributed by atoms with Crippen LogP contribution in [0.15, 0.2) is 0 Å². The van der Waals surface area contributed by atoms with E-state index < -0.39 is 0 Å². The highest BCUT2D eigenvalue weighted by Crippen LogP contribution is 2.16. The van der Waals surface area contributed by atoms with Crippen LogP contribution in [0.2, 0.25) is 0 Å². The van der Waals surface area contributed by atoms with Gasteiger partial charge in [-0.05, 0) is 58.5 Å². The molecule has 96 valence electrons. The quantitative estimate of drug-likeness (QED) is 0.775. The molecule has 0 aromatic heterocycles. The van der Waals surface area contributed by atoms with Crippen molar-refractivity contribution in [3.63, 3.8) is 0 Å². The van der Waals surface area contributed by atoms with E-state index >= 15 is 0 Å². The number of hydrogen-bond acceptors (Lipinski definition) is 2. The molecule has 2 nitrogen and oxygen atoms in total. The summed E-state index contributed by atoms with van der Waals surface area (Å²) < 4.78 is 0. The molecule has 2 heteroatoms. The van der Waals surface area contributed by atoms with Crippen LogP contribution in [0.4, 0.5) is 0 Å². The van der Waals surface area contributed by atoms with Gasteiger partial charge in [0.2, 0.25) is 0 Å². The molecule has 1 aliphatic heterocycles. The summed E-state index contributed by atoms with van der Waals surface area (Å²) in [4.78, 5) is 2.63. The molecule has 1 unspecified atom stereocenters. The van der Waals surface area contributed by atoms with Crippen LogP contribution in [-0.4, -0.2) is 36.6 Å². The molecule has 1 fully saturated rings. The molecule has 1 heterocycles. The van der Waals surface area contributed by atoms with Crippen LogP contribution in [0.1, 0.15) is 53.4 Å². The molecule has 1 saturated heterocycles. The van der Waals surface area contributed by atoms with Crippen molar-refractivity contribution < 1.29 is 0 Å². The van der Waals surface area contributed by atoms with E-state index in [1.165, 1.54) is 45.3 Å². The molecule has 0 saturated carbocycles. The van der Waals surface area contributed by atoms with Crippen LogP contribution in [-0.2, 0) is 0 Å². The predicted molar refractivity (Wildman–Crippen MR) is 71.8 cm³/mol. The van der Waals surface area contributed by atoms with Crippen LogP contribution in [0.25, 0.3) is 0 Å². The third-order valence-electron chi connectivity index (χ3n) is 4.02. The van der Waals surface area contributed by atoms with E-state index in [9.17, 15) is 0 Å². The molecular weight excluding hydrogens is 196 g/mol. The number of likely N-dealkylation sites (tertiary alicyclic amines) is 1. The Hall–Kier alpha value is -0.0800. The van der Waals surface area contributed by atoms with E-state index in [1.54, 1.807) is 0 Å². The van der Waals surface area contributed by atoms with Crippen molar-refractivity contribution in [1.29, 1.82) is 0 Å². The van der Waals surface area contributed by atoms with Gasteiger partial charge in [-0.1, -0.05) is 13.8 Å². The highest BCUT2D eigenvalue weighted by Gasteiger charge is 2.16. The normalized spacial score (nSPS) is 24.4. The molecule has 0 spiro atoms. The van der Waals surface area contributed by atoms with Gasteiger partial charge in [-0.25, -0.2) is 0 Å². The number of nitrogens with zero attached hydrogens (tertiary/aromatic N) is 1. The lowest BCUT2D eigenvalue weighted by atomic mass is 10.0. The van der Waals surface area contributed by atoms with Gasteiger partial charge in [-0.2, -0.15) is 0 Å². The maximum atomic E-state index is 3.65. The van der Waals surface area contributed by atoms with Gasteiger partial charge in [0.15, 0.2) is 0 Å². The first kappa shape index (κ1) is 14.0. The second-order valence-electron chi connectivity index (χ2n) is 6.04. The van der Waals surface area contributed by atoms with Crippen molar-refractivity contribution in [3.05, 3.63) is 0 Å². The maximum Gasteiger partial charge on any atom is 0.0123 e. The van der Waals surface area contributed by atoms with Gasteiger partial charge < -0.3 is 10.2 Å². The Bertz CT molecular complexity index is 189. The van der Waals surface area contributed by atoms with Crippen molar-refractivity contribution >= 4 is 0 Å². The Labute approximate surface area is 102 Å². The largest absolute Gasteiger partial charge is 0.311 e. The lowest BCUT2D eigenvalue weighted by Gasteiger charge is -2.27. The van der Waals surface area contributed by atoms with Gasteiger partial charge in [-0.15, -0.1) is 0 Å². The summed E-state index contributed by atoms with van der Waals surface area (Å²) in [7, 11) is 0. The minimum atomic E-state index is 0.305. The minimum absolute atomic E-state index is 0.305. The smallest absolute Gasteiger partial charge is 0.0123 e. The van der Waals surface area contributed by atoms with Gasteiger partial charge >= 0.3 is 0 Å². The second kappa shape index (κ2) is 6.61. The molecule has 0 radical (unpaired) electrons. The van der Waals surface area contributed by atoms with Gasteiger partial charge in [0.05, 0.1) is 0 Å². The van der Waals surface area contributed by atoms with Crippen LogP contribution in [0, 0.1) is 5.92 Å². The molecule has 0 aliphatic carbocycles. The fourth-order valence-electron chi connectivity index (χ4n) is 2.22. The lowest BCUT2D eigenvalue weighted by molar-refractivity contribution is 0.262. The molecule has 0 aromatic rings. The van der Waals surface area contributed by atoms with Gasteiger partial charge in [0.1, 0.15) is 0 Å². The monoisotopic (exact) mass is 226 g/mol. The van der Waals surface area contributed by atoms with E-state index in [-0.39, 0.29) is 0 Å². The summed E-state index contributed by atoms with van der Waals surface area (Å²) in [5.41, 5.74) is 0.305. The fraction of sp³-hybridized carbons (Fsp3) is 1.00. The molecule has 0 aromatic carbocycles. The average molecular weight is 226 g/mol. The zero-order valence-electron chi connectivity index (χ0n) is 11.7. The first-order valence-corrected chi connectivity index (χ1v) is 7.01. The Kier molecular flexibility index (Phi) is 5.77. The van der Waals surface area contributed by atoms with Crippen molar-refractivity contribution in [2.75, 3.05) is 26.2 Å². The Morgan fingerprint density at radius 3 is 2.69 bits per heavy atom. The summed E-state index contributed by atoms with van der Waals surface area (Å²) in [6.45, 7) is 14.2. The van der Waals surface area contributed by atoms with Crippen molar-refractivity contribution in [3.8, 4) is 0 Å². The number of nitrogens with one attached hydrogen (secondary N) is 1. The molecule has 16 heavy (non-hydrogen) atoms. The number of rotatable bonds is 5. The number of hydrogen-bond donors (Lipinski definition) is 1. The Balaban J connectivity index is 2.17. The van der Waals surface area contributed by atoms with Gasteiger partial charge in [0.25, 0.3) is 0 Å². The van der Waals surface area contributed by atoms with Gasteiger partial charge in [-0.3, -0.25) is 0 Å². The summed E-state index contributed by atoms with van der Waals surface area (Å²) in [5.74, 6) is 0.935. The first-order chi connectivity index (χ1) is 7.53. The topological polar surface area (TPSA) is 15.3 Å². The summed E-state index contributed by atoms with van der Waals surface area (Å²) in [6.07, 6.45) is 5.39. The predicted octanol–water partition coefficient (Wildman–Crippen LogP) is 2.89. The van der Waals surface area contributed by atoms with E-state index in [4.69, 9.17) is 0 Å². The molecule has 0 amide bonds. The molecule has 0 bridgehead atoms. The molecular formula is C14H30N2. The zero-order chi connectivity index (χ0) is 12.0. The highest BCUT2D eigenvalue weighted by atomic mass is 15.1. The summed E-state index contributed by atoms with van der Waals surface area (Å²) in [6, 6.07) is 0. The van der Waals surface area contributed by atoms with Gasteiger partial charge in [0, 0.05) is 18.6 Å². The first-order valence-electron chi connectivity index (χ1n) is 7.01. The molecule has 1 rings (SSSR count). The van der Waals surface area contributed by atoms with Crippen molar-refractivity contribution in [2.45, 2.75) is 58.9 Å². The second-order valence-corrected chi connectivity index (χ2v) is 6.04. The van der Waals surface area contributed by atoms with E-state index in [1.807, 2.05) is 0 Å². The SMILES string of the molecule is CCC(C)(C)NCCN1CCCC(C)CC1. The standard InChI is InChI=1S/C14H30N2/c1-5-14(3,4)15-9-12-16-10-6-7-13(2)8-11-16/h13,15H,5-12H2,1-4H3. The van der Waals surface area contributed by atoms with E-state index in [0.29, 0.717) is 5.54 Å². The lowest BCUT2D eigenvalue weighted by Crippen LogP contribution is -2.43. The Morgan fingerprint density at radius 2 is 2.00 bits per heavy atom. The fourth-order valence-corrected chi connectivity index (χ4v) is 2.22. The van der Waals surface area contributed by atoms with Crippen LogP contribution in [0.3, 0.4) is 0 Å². The molecule has 1 aliphatic rings. The third-order valence-corrected chi connectivity index (χ3v) is 4.02. The maximum absolute atomic E-state index is 3.65. The van der Waals surface area contributed by atoms with Crippen LogP contribution >= 0.6 is 0 Å².